The van der Waals surface area contributed by atoms with Crippen LogP contribution in [0.5, 0.6) is 0 Å². The number of pyridine rings is 1. The lowest BCUT2D eigenvalue weighted by molar-refractivity contribution is -0.0376. The molecule has 1 aliphatic carbocycles. The number of amidine groups is 1. The van der Waals surface area contributed by atoms with E-state index in [1.807, 2.05) is 0 Å². The van der Waals surface area contributed by atoms with Crippen molar-refractivity contribution in [2.24, 2.45) is 16.6 Å². The van der Waals surface area contributed by atoms with Crippen molar-refractivity contribution in [2.75, 3.05) is 13.2 Å². The van der Waals surface area contributed by atoms with E-state index in [1.165, 1.54) is 12.3 Å². The number of aryl methyl sites for hydroxylation is 1. The first kappa shape index (κ1) is 20.3. The third kappa shape index (κ3) is 3.90. The van der Waals surface area contributed by atoms with Gasteiger partial charge in [-0.05, 0) is 37.1 Å². The molecular weight excluding hydrogens is 397 g/mol. The Kier molecular flexibility index (Phi) is 5.76. The number of nitrogens with two attached hydrogens (primary N) is 1. The Bertz CT molecular complexity index is 888. The van der Waals surface area contributed by atoms with Gasteiger partial charge in [0, 0.05) is 17.8 Å². The van der Waals surface area contributed by atoms with Crippen molar-refractivity contribution in [3.05, 3.63) is 52.2 Å². The van der Waals surface area contributed by atoms with Crippen LogP contribution >= 0.6 is 11.6 Å². The van der Waals surface area contributed by atoms with E-state index in [1.54, 1.807) is 13.0 Å². The van der Waals surface area contributed by atoms with Crippen molar-refractivity contribution in [2.45, 2.75) is 25.3 Å². The van der Waals surface area contributed by atoms with Crippen LogP contribution in [0.2, 0.25) is 5.02 Å². The molecule has 0 aromatic carbocycles. The van der Waals surface area contributed by atoms with Crippen LogP contribution in [0, 0.1) is 12.8 Å². The van der Waals surface area contributed by atoms with E-state index in [2.05, 4.69) is 15.3 Å². The van der Waals surface area contributed by atoms with Crippen molar-refractivity contribution >= 4 is 23.3 Å². The van der Waals surface area contributed by atoms with Crippen LogP contribution in [-0.4, -0.2) is 41.9 Å². The van der Waals surface area contributed by atoms with Gasteiger partial charge < -0.3 is 15.8 Å². The zero-order valence-electron chi connectivity index (χ0n) is 14.9. The predicted molar refractivity (Wildman–Crippen MR) is 98.0 cm³/mol. The lowest BCUT2D eigenvalue weighted by Crippen LogP contribution is -2.53. The van der Waals surface area contributed by atoms with Gasteiger partial charge in [0.15, 0.2) is 5.54 Å². The lowest BCUT2D eigenvalue weighted by atomic mass is 9.78. The number of rotatable bonds is 4. The minimum Gasteiger partial charge on any atom is -0.386 e. The van der Waals surface area contributed by atoms with E-state index in [-0.39, 0.29) is 30.3 Å². The second-order valence-corrected chi connectivity index (χ2v) is 7.10. The quantitative estimate of drug-likeness (QED) is 0.792. The Morgan fingerprint density at radius 3 is 2.86 bits per heavy atom. The second kappa shape index (κ2) is 7.92. The first-order valence-corrected chi connectivity index (χ1v) is 8.80. The zero-order valence-corrected chi connectivity index (χ0v) is 15.6. The molecule has 0 radical (unpaired) electrons. The van der Waals surface area contributed by atoms with Crippen molar-refractivity contribution in [3.63, 3.8) is 0 Å². The SMILES string of the molecule is Cc1cc(Cl)cnc1C(=O)NC1=CC=C(F)C([C@]2(C(F)F)COCC(N)=N2)C1. The summed E-state index contributed by atoms with van der Waals surface area (Å²) in [6, 6.07) is 1.57. The molecule has 1 aromatic rings. The molecule has 1 amide bonds. The number of ether oxygens (including phenoxy) is 1. The fourth-order valence-electron chi connectivity index (χ4n) is 3.27. The molecule has 0 saturated heterocycles. The van der Waals surface area contributed by atoms with Crippen molar-refractivity contribution < 1.29 is 22.7 Å². The van der Waals surface area contributed by atoms with Crippen LogP contribution in [0.3, 0.4) is 0 Å². The summed E-state index contributed by atoms with van der Waals surface area (Å²) >= 11 is 5.83. The fourth-order valence-corrected chi connectivity index (χ4v) is 3.48. The largest absolute Gasteiger partial charge is 0.386 e. The average Bonchev–Trinajstić information content (AvgIpc) is 2.62. The topological polar surface area (TPSA) is 89.6 Å². The third-order valence-electron chi connectivity index (χ3n) is 4.65. The van der Waals surface area contributed by atoms with Gasteiger partial charge >= 0.3 is 0 Å². The highest BCUT2D eigenvalue weighted by Gasteiger charge is 2.51. The molecule has 2 aliphatic rings. The highest BCUT2D eigenvalue weighted by Crippen LogP contribution is 2.42. The molecule has 0 spiro atoms. The first-order chi connectivity index (χ1) is 13.2. The molecular formula is C18H18ClF3N4O2. The maximum Gasteiger partial charge on any atom is 0.274 e. The minimum absolute atomic E-state index is 0.0898. The van der Waals surface area contributed by atoms with Gasteiger partial charge in [-0.1, -0.05) is 11.6 Å². The molecule has 28 heavy (non-hydrogen) atoms. The molecule has 10 heteroatoms. The van der Waals surface area contributed by atoms with E-state index in [4.69, 9.17) is 22.1 Å². The Balaban J connectivity index is 1.84. The van der Waals surface area contributed by atoms with Gasteiger partial charge in [0.25, 0.3) is 12.3 Å². The molecule has 0 saturated carbocycles. The Morgan fingerprint density at radius 1 is 1.46 bits per heavy atom. The number of hydrogen-bond donors (Lipinski definition) is 2. The first-order valence-electron chi connectivity index (χ1n) is 8.43. The zero-order chi connectivity index (χ0) is 20.5. The predicted octanol–water partition coefficient (Wildman–Crippen LogP) is 2.92. The number of nitrogens with one attached hydrogen (secondary N) is 1. The fraction of sp³-hybridized carbons (Fsp3) is 0.389. The summed E-state index contributed by atoms with van der Waals surface area (Å²) in [5.41, 5.74) is 4.34. The molecule has 1 unspecified atom stereocenters. The van der Waals surface area contributed by atoms with Crippen LogP contribution in [0.4, 0.5) is 13.2 Å². The second-order valence-electron chi connectivity index (χ2n) is 6.66. The summed E-state index contributed by atoms with van der Waals surface area (Å²) in [4.78, 5) is 20.3. The highest BCUT2D eigenvalue weighted by atomic mass is 35.5. The Hall–Kier alpha value is -2.39. The summed E-state index contributed by atoms with van der Waals surface area (Å²) in [7, 11) is 0. The molecule has 3 N–H and O–H groups in total. The van der Waals surface area contributed by atoms with Crippen LogP contribution < -0.4 is 11.1 Å². The van der Waals surface area contributed by atoms with E-state index in [0.29, 0.717) is 10.6 Å². The normalized spacial score (nSPS) is 25.1. The molecule has 1 aliphatic heterocycles. The number of alkyl halides is 2. The monoisotopic (exact) mass is 414 g/mol. The minimum atomic E-state index is -3.01. The number of carbonyl (C=O) groups is 1. The van der Waals surface area contributed by atoms with Crippen LogP contribution in [0.25, 0.3) is 0 Å². The average molecular weight is 415 g/mol. The number of aliphatic imine (C=N–C) groups is 1. The molecule has 0 fully saturated rings. The smallest absolute Gasteiger partial charge is 0.274 e. The number of hydrogen-bond acceptors (Lipinski definition) is 5. The number of halogens is 4. The number of aromatic nitrogens is 1. The van der Waals surface area contributed by atoms with E-state index in [0.717, 1.165) is 6.08 Å². The van der Waals surface area contributed by atoms with E-state index in [9.17, 15) is 18.0 Å². The number of allylic oxidation sites excluding steroid dienone is 3. The molecule has 2 heterocycles. The maximum atomic E-state index is 14.5. The van der Waals surface area contributed by atoms with Gasteiger partial charge in [-0.2, -0.15) is 0 Å². The van der Waals surface area contributed by atoms with Crippen LogP contribution in [-0.2, 0) is 4.74 Å². The van der Waals surface area contributed by atoms with Crippen molar-refractivity contribution in [1.82, 2.24) is 10.3 Å². The van der Waals surface area contributed by atoms with Gasteiger partial charge in [-0.25, -0.2) is 18.2 Å². The summed E-state index contributed by atoms with van der Waals surface area (Å²) in [6.45, 7) is 1.10. The maximum absolute atomic E-state index is 14.5. The highest BCUT2D eigenvalue weighted by molar-refractivity contribution is 6.30. The summed E-state index contributed by atoms with van der Waals surface area (Å²) in [6.07, 6.45) is 0.474. The van der Waals surface area contributed by atoms with Gasteiger partial charge in [0.05, 0.1) is 11.6 Å². The molecule has 3 rings (SSSR count). The number of carbonyl (C=O) groups excluding carboxylic acids is 1. The van der Waals surface area contributed by atoms with Crippen LogP contribution in [0.15, 0.2) is 40.9 Å². The van der Waals surface area contributed by atoms with Crippen molar-refractivity contribution in [3.8, 4) is 0 Å². The third-order valence-corrected chi connectivity index (χ3v) is 4.86. The molecule has 6 nitrogen and oxygen atoms in total. The molecule has 1 aromatic heterocycles. The summed E-state index contributed by atoms with van der Waals surface area (Å²) in [5.74, 6) is -2.78. The van der Waals surface area contributed by atoms with Crippen molar-refractivity contribution in [1.29, 1.82) is 0 Å². The van der Waals surface area contributed by atoms with Gasteiger partial charge in [0.2, 0.25) is 0 Å². The van der Waals surface area contributed by atoms with Gasteiger partial charge in [-0.3, -0.25) is 9.79 Å². The Labute approximate surface area is 164 Å². The number of amides is 1. The molecule has 150 valence electrons. The van der Waals surface area contributed by atoms with E-state index >= 15 is 0 Å². The van der Waals surface area contributed by atoms with Crippen LogP contribution in [0.1, 0.15) is 22.5 Å². The van der Waals surface area contributed by atoms with Gasteiger partial charge in [0.1, 0.15) is 24.0 Å². The number of nitrogens with zero attached hydrogens (tertiary/aromatic N) is 2. The molecule has 0 bridgehead atoms. The summed E-state index contributed by atoms with van der Waals surface area (Å²) in [5, 5.41) is 2.97. The van der Waals surface area contributed by atoms with E-state index < -0.39 is 36.2 Å². The lowest BCUT2D eigenvalue weighted by Gasteiger charge is -2.39. The standard InChI is InChI=1S/C18H18ClF3N4O2/c1-9-4-10(19)6-24-15(9)16(27)25-11-2-3-13(20)12(5-11)18(17(21)22)8-28-7-14(23)26-18/h2-4,6,12,17H,5,7-8H2,1H3,(H2,23,26)(H,25,27)/t12?,18-/m0/s1. The van der Waals surface area contributed by atoms with Gasteiger partial charge in [-0.15, -0.1) is 0 Å². The summed E-state index contributed by atoms with van der Waals surface area (Å²) < 4.78 is 47.4. The molecule has 2 atom stereocenters. The Morgan fingerprint density at radius 2 is 2.21 bits per heavy atom.